The number of piperazine rings is 1. The van der Waals surface area contributed by atoms with Crippen LogP contribution in [0.1, 0.15) is 29.5 Å². The van der Waals surface area contributed by atoms with Crippen molar-refractivity contribution in [2.75, 3.05) is 19.7 Å². The average molecular weight is 413 g/mol. The van der Waals surface area contributed by atoms with E-state index in [0.717, 1.165) is 13.0 Å². The number of ether oxygens (including phenoxy) is 1. The third-order valence-corrected chi connectivity index (χ3v) is 6.50. The van der Waals surface area contributed by atoms with Gasteiger partial charge in [-0.1, -0.05) is 78.9 Å². The zero-order valence-corrected chi connectivity index (χ0v) is 17.8. The highest BCUT2D eigenvalue weighted by Gasteiger charge is 2.33. The molecule has 1 aliphatic heterocycles. The summed E-state index contributed by atoms with van der Waals surface area (Å²) >= 11 is 0. The van der Waals surface area contributed by atoms with E-state index in [-0.39, 0.29) is 24.1 Å². The van der Waals surface area contributed by atoms with Crippen LogP contribution < -0.4 is 5.32 Å². The molecule has 1 amide bonds. The van der Waals surface area contributed by atoms with Gasteiger partial charge in [0, 0.05) is 25.0 Å². The second kappa shape index (κ2) is 8.56. The first-order valence-electron chi connectivity index (χ1n) is 11.1. The van der Waals surface area contributed by atoms with Gasteiger partial charge in [-0.2, -0.15) is 0 Å². The number of fused-ring (bicyclic) bond motifs is 3. The van der Waals surface area contributed by atoms with Crippen molar-refractivity contribution in [3.8, 4) is 11.1 Å². The normalized spacial score (nSPS) is 20.2. The van der Waals surface area contributed by atoms with Gasteiger partial charge in [0.05, 0.1) is 6.04 Å². The maximum Gasteiger partial charge on any atom is 0.410 e. The van der Waals surface area contributed by atoms with Gasteiger partial charge in [0.2, 0.25) is 0 Å². The summed E-state index contributed by atoms with van der Waals surface area (Å²) in [5.41, 5.74) is 6.21. The van der Waals surface area contributed by atoms with Crippen LogP contribution in [0, 0.1) is 0 Å². The Bertz CT molecular complexity index is 1020. The topological polar surface area (TPSA) is 41.6 Å². The predicted molar refractivity (Wildman–Crippen MR) is 123 cm³/mol. The van der Waals surface area contributed by atoms with E-state index in [4.69, 9.17) is 4.74 Å². The molecular formula is C27H28N2O2. The summed E-state index contributed by atoms with van der Waals surface area (Å²) in [4.78, 5) is 15.1. The van der Waals surface area contributed by atoms with Crippen molar-refractivity contribution in [1.29, 1.82) is 0 Å². The second-order valence-electron chi connectivity index (χ2n) is 8.61. The quantitative estimate of drug-likeness (QED) is 0.667. The van der Waals surface area contributed by atoms with Gasteiger partial charge in [0.15, 0.2) is 0 Å². The minimum absolute atomic E-state index is 0.0873. The Hall–Kier alpha value is -3.11. The molecule has 3 aromatic rings. The van der Waals surface area contributed by atoms with E-state index in [1.807, 2.05) is 23.1 Å². The first-order valence-corrected chi connectivity index (χ1v) is 11.1. The van der Waals surface area contributed by atoms with E-state index in [2.05, 4.69) is 72.9 Å². The Morgan fingerprint density at radius 2 is 1.55 bits per heavy atom. The minimum Gasteiger partial charge on any atom is -0.448 e. The lowest BCUT2D eigenvalue weighted by molar-refractivity contribution is 0.0676. The van der Waals surface area contributed by atoms with Crippen molar-refractivity contribution in [3.63, 3.8) is 0 Å². The number of nitrogens with one attached hydrogen (secondary N) is 1. The van der Waals surface area contributed by atoms with Crippen molar-refractivity contribution in [2.24, 2.45) is 0 Å². The minimum atomic E-state index is -0.212. The standard InChI is InChI=1S/C27H28N2O2/c1-19-17-29(21(16-28-19)15-20-9-3-2-4-10-20)27(30)31-18-26-24-13-7-5-11-22(24)23-12-6-8-14-25(23)26/h2-14,19,21,26,28H,15-18H2,1H3/t19-,21-/m1/s1. The molecule has 0 saturated carbocycles. The van der Waals surface area contributed by atoms with E-state index in [0.29, 0.717) is 13.2 Å². The molecule has 0 unspecified atom stereocenters. The van der Waals surface area contributed by atoms with Crippen molar-refractivity contribution < 1.29 is 9.53 Å². The van der Waals surface area contributed by atoms with Gasteiger partial charge in [0.25, 0.3) is 0 Å². The fourth-order valence-electron chi connectivity index (χ4n) is 4.93. The van der Waals surface area contributed by atoms with Crippen molar-refractivity contribution in [3.05, 3.63) is 95.6 Å². The molecule has 2 aliphatic rings. The highest BCUT2D eigenvalue weighted by Crippen LogP contribution is 2.44. The number of hydrogen-bond acceptors (Lipinski definition) is 3. The first kappa shape index (κ1) is 19.8. The summed E-state index contributed by atoms with van der Waals surface area (Å²) in [6.07, 6.45) is 0.612. The molecule has 5 rings (SSSR count). The summed E-state index contributed by atoms with van der Waals surface area (Å²) in [5.74, 6) is 0.0873. The van der Waals surface area contributed by atoms with Crippen LogP contribution in [0.15, 0.2) is 78.9 Å². The number of benzene rings is 3. The number of hydrogen-bond donors (Lipinski definition) is 1. The molecule has 1 fully saturated rings. The van der Waals surface area contributed by atoms with Crippen LogP contribution >= 0.6 is 0 Å². The summed E-state index contributed by atoms with van der Waals surface area (Å²) in [5, 5.41) is 3.51. The Balaban J connectivity index is 1.32. The third-order valence-electron chi connectivity index (χ3n) is 6.50. The first-order chi connectivity index (χ1) is 15.2. The van der Waals surface area contributed by atoms with Gasteiger partial charge >= 0.3 is 6.09 Å². The molecule has 31 heavy (non-hydrogen) atoms. The van der Waals surface area contributed by atoms with Crippen LogP contribution in [-0.2, 0) is 11.2 Å². The summed E-state index contributed by atoms with van der Waals surface area (Å²) in [6, 6.07) is 27.6. The third kappa shape index (κ3) is 3.96. The fourth-order valence-corrected chi connectivity index (χ4v) is 4.93. The van der Waals surface area contributed by atoms with Gasteiger partial charge in [-0.25, -0.2) is 4.79 Å². The van der Waals surface area contributed by atoms with E-state index in [1.165, 1.54) is 27.8 Å². The number of rotatable bonds is 4. The second-order valence-corrected chi connectivity index (χ2v) is 8.61. The van der Waals surface area contributed by atoms with Gasteiger partial charge in [-0.05, 0) is 41.2 Å². The molecule has 3 aromatic carbocycles. The number of nitrogens with zero attached hydrogens (tertiary/aromatic N) is 1. The summed E-state index contributed by atoms with van der Waals surface area (Å²) in [7, 11) is 0. The zero-order valence-electron chi connectivity index (χ0n) is 17.8. The van der Waals surface area contributed by atoms with Crippen molar-refractivity contribution >= 4 is 6.09 Å². The molecule has 0 radical (unpaired) electrons. The van der Waals surface area contributed by atoms with Crippen LogP contribution in [0.2, 0.25) is 0 Å². The lowest BCUT2D eigenvalue weighted by atomic mass is 9.98. The molecule has 158 valence electrons. The van der Waals surface area contributed by atoms with E-state index in [1.54, 1.807) is 0 Å². The van der Waals surface area contributed by atoms with E-state index in [9.17, 15) is 4.79 Å². The highest BCUT2D eigenvalue weighted by molar-refractivity contribution is 5.79. The smallest absolute Gasteiger partial charge is 0.410 e. The number of amides is 1. The fraction of sp³-hybridized carbons (Fsp3) is 0.296. The van der Waals surface area contributed by atoms with E-state index < -0.39 is 0 Å². The van der Waals surface area contributed by atoms with E-state index >= 15 is 0 Å². The molecular weight excluding hydrogens is 384 g/mol. The Labute approximate surface area is 183 Å². The van der Waals surface area contributed by atoms with Gasteiger partial charge in [0.1, 0.15) is 6.61 Å². The summed E-state index contributed by atoms with van der Waals surface area (Å²) < 4.78 is 5.95. The largest absolute Gasteiger partial charge is 0.448 e. The maximum absolute atomic E-state index is 13.2. The molecule has 1 heterocycles. The monoisotopic (exact) mass is 412 g/mol. The molecule has 4 nitrogen and oxygen atoms in total. The van der Waals surface area contributed by atoms with Gasteiger partial charge in [-0.15, -0.1) is 0 Å². The van der Waals surface area contributed by atoms with Crippen LogP contribution in [0.4, 0.5) is 4.79 Å². The molecule has 1 aliphatic carbocycles. The highest BCUT2D eigenvalue weighted by atomic mass is 16.6. The van der Waals surface area contributed by atoms with Crippen LogP contribution in [-0.4, -0.2) is 42.8 Å². The van der Waals surface area contributed by atoms with Crippen molar-refractivity contribution in [2.45, 2.75) is 31.3 Å². The zero-order chi connectivity index (χ0) is 21.2. The number of carbonyl (C=O) groups is 1. The summed E-state index contributed by atoms with van der Waals surface area (Å²) in [6.45, 7) is 3.92. The molecule has 0 bridgehead atoms. The lowest BCUT2D eigenvalue weighted by Crippen LogP contribution is -2.58. The molecule has 1 N–H and O–H groups in total. The Morgan fingerprint density at radius 1 is 0.935 bits per heavy atom. The van der Waals surface area contributed by atoms with Crippen LogP contribution in [0.3, 0.4) is 0 Å². The molecule has 1 saturated heterocycles. The predicted octanol–water partition coefficient (Wildman–Crippen LogP) is 4.84. The molecule has 2 atom stereocenters. The average Bonchev–Trinajstić information content (AvgIpc) is 3.13. The Kier molecular flexibility index (Phi) is 5.47. The van der Waals surface area contributed by atoms with Gasteiger partial charge < -0.3 is 15.0 Å². The van der Waals surface area contributed by atoms with Crippen LogP contribution in [0.25, 0.3) is 11.1 Å². The SMILES string of the molecule is C[C@@H]1CN(C(=O)OCC2c3ccccc3-c3ccccc32)[C@H](Cc2ccccc2)CN1. The lowest BCUT2D eigenvalue weighted by Gasteiger charge is -2.39. The van der Waals surface area contributed by atoms with Crippen LogP contribution in [0.5, 0.6) is 0 Å². The van der Waals surface area contributed by atoms with Gasteiger partial charge in [-0.3, -0.25) is 0 Å². The number of carbonyl (C=O) groups excluding carboxylic acids is 1. The molecule has 0 aromatic heterocycles. The molecule has 0 spiro atoms. The van der Waals surface area contributed by atoms with Crippen molar-refractivity contribution in [1.82, 2.24) is 10.2 Å². The maximum atomic E-state index is 13.2. The molecule has 4 heteroatoms. The Morgan fingerprint density at radius 3 is 2.23 bits per heavy atom.